The second-order valence-electron chi connectivity index (χ2n) is 7.12. The minimum atomic E-state index is -3.16. The smallest absolute Gasteiger partial charge is 0.235 e. The molecule has 26 heavy (non-hydrogen) atoms. The topological polar surface area (TPSA) is 78.5 Å². The van der Waals surface area contributed by atoms with E-state index in [-0.39, 0.29) is 24.1 Å². The van der Waals surface area contributed by atoms with Gasteiger partial charge in [0.1, 0.15) is 0 Å². The summed E-state index contributed by atoms with van der Waals surface area (Å²) >= 11 is 0. The summed E-state index contributed by atoms with van der Waals surface area (Å²) in [5, 5.41) is 6.32. The van der Waals surface area contributed by atoms with E-state index in [0.29, 0.717) is 42.6 Å². The van der Waals surface area contributed by atoms with E-state index in [4.69, 9.17) is 0 Å². The number of piperidine rings is 1. The molecule has 2 N–H and O–H groups in total. The standard InChI is InChI=1S/C18H27N3O3S.ClH/c1-14(15-4-2-9-19-13-15)12-18(22)20-16-5-7-17(8-6-16)21-10-3-11-25(21,23)24;/h5-8,14-15,19H,2-4,9-13H2,1H3,(H,20,22);1H. The van der Waals surface area contributed by atoms with Gasteiger partial charge < -0.3 is 10.6 Å². The lowest BCUT2D eigenvalue weighted by Crippen LogP contribution is -2.34. The Kier molecular flexibility index (Phi) is 7.32. The van der Waals surface area contributed by atoms with Gasteiger partial charge in [-0.05, 0) is 68.5 Å². The highest BCUT2D eigenvalue weighted by Gasteiger charge is 2.28. The fourth-order valence-electron chi connectivity index (χ4n) is 3.68. The van der Waals surface area contributed by atoms with Gasteiger partial charge in [0.25, 0.3) is 0 Å². The van der Waals surface area contributed by atoms with Crippen molar-refractivity contribution in [2.24, 2.45) is 11.8 Å². The molecule has 2 saturated heterocycles. The molecule has 2 unspecified atom stereocenters. The Balaban J connectivity index is 0.00000243. The maximum Gasteiger partial charge on any atom is 0.235 e. The molecule has 0 saturated carbocycles. The van der Waals surface area contributed by atoms with E-state index in [0.717, 1.165) is 13.1 Å². The van der Waals surface area contributed by atoms with Gasteiger partial charge in [-0.3, -0.25) is 9.10 Å². The molecule has 0 bridgehead atoms. The summed E-state index contributed by atoms with van der Waals surface area (Å²) in [4.78, 5) is 12.3. The average Bonchev–Trinajstić information content (AvgIpc) is 2.95. The third-order valence-electron chi connectivity index (χ3n) is 5.19. The average molecular weight is 402 g/mol. The Hall–Kier alpha value is -1.31. The van der Waals surface area contributed by atoms with Crippen molar-refractivity contribution in [2.75, 3.05) is 35.0 Å². The first kappa shape index (κ1) is 21.0. The summed E-state index contributed by atoms with van der Waals surface area (Å²) in [6.07, 6.45) is 3.53. The van der Waals surface area contributed by atoms with Crippen LogP contribution in [-0.4, -0.2) is 39.7 Å². The zero-order valence-electron chi connectivity index (χ0n) is 15.1. The van der Waals surface area contributed by atoms with Gasteiger partial charge in [-0.25, -0.2) is 8.42 Å². The lowest BCUT2D eigenvalue weighted by atomic mass is 9.85. The Morgan fingerprint density at radius 1 is 1.31 bits per heavy atom. The van der Waals surface area contributed by atoms with E-state index in [9.17, 15) is 13.2 Å². The number of amides is 1. The molecule has 0 aliphatic carbocycles. The number of hydrogen-bond donors (Lipinski definition) is 2. The van der Waals surface area contributed by atoms with Gasteiger partial charge in [-0.15, -0.1) is 12.4 Å². The second-order valence-corrected chi connectivity index (χ2v) is 9.14. The molecule has 2 heterocycles. The minimum absolute atomic E-state index is 0. The molecule has 1 aromatic rings. The van der Waals surface area contributed by atoms with Gasteiger partial charge >= 0.3 is 0 Å². The highest BCUT2D eigenvalue weighted by atomic mass is 35.5. The van der Waals surface area contributed by atoms with Gasteiger partial charge in [0, 0.05) is 18.7 Å². The van der Waals surface area contributed by atoms with Crippen LogP contribution < -0.4 is 14.9 Å². The molecule has 0 radical (unpaired) electrons. The van der Waals surface area contributed by atoms with Crippen LogP contribution in [-0.2, 0) is 14.8 Å². The van der Waals surface area contributed by atoms with E-state index in [1.54, 1.807) is 24.3 Å². The van der Waals surface area contributed by atoms with Crippen molar-refractivity contribution in [2.45, 2.75) is 32.6 Å². The maximum atomic E-state index is 12.3. The van der Waals surface area contributed by atoms with Crippen LogP contribution in [0.4, 0.5) is 11.4 Å². The number of rotatable bonds is 5. The number of carbonyl (C=O) groups excluding carboxylic acids is 1. The second kappa shape index (κ2) is 9.06. The van der Waals surface area contributed by atoms with Crippen LogP contribution in [0.15, 0.2) is 24.3 Å². The van der Waals surface area contributed by atoms with Crippen LogP contribution in [0.2, 0.25) is 0 Å². The van der Waals surface area contributed by atoms with E-state index >= 15 is 0 Å². The van der Waals surface area contributed by atoms with Crippen LogP contribution >= 0.6 is 12.4 Å². The molecule has 0 aromatic heterocycles. The third kappa shape index (κ3) is 5.11. The molecular weight excluding hydrogens is 374 g/mol. The lowest BCUT2D eigenvalue weighted by Gasteiger charge is -2.28. The number of benzene rings is 1. The highest BCUT2D eigenvalue weighted by Crippen LogP contribution is 2.26. The predicted molar refractivity (Wildman–Crippen MR) is 107 cm³/mol. The Morgan fingerprint density at radius 2 is 2.04 bits per heavy atom. The van der Waals surface area contributed by atoms with Crippen molar-refractivity contribution in [1.82, 2.24) is 5.32 Å². The van der Waals surface area contributed by atoms with Crippen LogP contribution in [0.5, 0.6) is 0 Å². The maximum absolute atomic E-state index is 12.3. The Bertz CT molecular complexity index is 703. The molecule has 1 amide bonds. The number of carbonyl (C=O) groups is 1. The zero-order chi connectivity index (χ0) is 17.9. The lowest BCUT2D eigenvalue weighted by molar-refractivity contribution is -0.117. The van der Waals surface area contributed by atoms with Gasteiger partial charge in [-0.2, -0.15) is 0 Å². The summed E-state index contributed by atoms with van der Waals surface area (Å²) < 4.78 is 25.3. The molecule has 8 heteroatoms. The SMILES string of the molecule is CC(CC(=O)Nc1ccc(N2CCCS2(=O)=O)cc1)C1CCCNC1.Cl. The van der Waals surface area contributed by atoms with Crippen LogP contribution in [0, 0.1) is 11.8 Å². The third-order valence-corrected chi connectivity index (χ3v) is 7.05. The number of nitrogens with one attached hydrogen (secondary N) is 2. The van der Waals surface area contributed by atoms with E-state index in [1.165, 1.54) is 17.1 Å². The van der Waals surface area contributed by atoms with Crippen LogP contribution in [0.1, 0.15) is 32.6 Å². The first-order chi connectivity index (χ1) is 12.0. The molecular formula is C18H28ClN3O3S. The Labute approximate surface area is 162 Å². The highest BCUT2D eigenvalue weighted by molar-refractivity contribution is 7.93. The number of hydrogen-bond acceptors (Lipinski definition) is 4. The number of anilines is 2. The normalized spacial score (nSPS) is 23.1. The fraction of sp³-hybridized carbons (Fsp3) is 0.611. The molecule has 1 aromatic carbocycles. The van der Waals surface area contributed by atoms with E-state index in [2.05, 4.69) is 17.6 Å². The first-order valence-corrected chi connectivity index (χ1v) is 10.7. The van der Waals surface area contributed by atoms with Crippen molar-refractivity contribution in [3.8, 4) is 0 Å². The van der Waals surface area contributed by atoms with E-state index < -0.39 is 10.0 Å². The monoisotopic (exact) mass is 401 g/mol. The van der Waals surface area contributed by atoms with Crippen LogP contribution in [0.3, 0.4) is 0 Å². The van der Waals surface area contributed by atoms with Crippen LogP contribution in [0.25, 0.3) is 0 Å². The van der Waals surface area contributed by atoms with E-state index in [1.807, 2.05) is 0 Å². The minimum Gasteiger partial charge on any atom is -0.326 e. The summed E-state index contributed by atoms with van der Waals surface area (Å²) in [5.41, 5.74) is 1.37. The molecule has 2 atom stereocenters. The van der Waals surface area contributed by atoms with Crippen molar-refractivity contribution in [1.29, 1.82) is 0 Å². The van der Waals surface area contributed by atoms with Gasteiger partial charge in [0.05, 0.1) is 11.4 Å². The molecule has 2 aliphatic heterocycles. The quantitative estimate of drug-likeness (QED) is 0.794. The summed E-state index contributed by atoms with van der Waals surface area (Å²) in [6.45, 7) is 4.74. The first-order valence-electron chi connectivity index (χ1n) is 9.07. The van der Waals surface area contributed by atoms with Crippen molar-refractivity contribution < 1.29 is 13.2 Å². The van der Waals surface area contributed by atoms with Gasteiger partial charge in [0.15, 0.2) is 0 Å². The molecule has 146 valence electrons. The molecule has 3 rings (SSSR count). The van der Waals surface area contributed by atoms with Crippen molar-refractivity contribution in [3.63, 3.8) is 0 Å². The number of sulfonamides is 1. The largest absolute Gasteiger partial charge is 0.326 e. The van der Waals surface area contributed by atoms with Crippen molar-refractivity contribution >= 4 is 39.7 Å². The zero-order valence-corrected chi connectivity index (χ0v) is 16.7. The molecule has 6 nitrogen and oxygen atoms in total. The number of nitrogens with zero attached hydrogens (tertiary/aromatic N) is 1. The molecule has 2 aliphatic rings. The number of halogens is 1. The summed E-state index contributed by atoms with van der Waals surface area (Å²) in [6, 6.07) is 7.06. The molecule has 0 spiro atoms. The fourth-order valence-corrected chi connectivity index (χ4v) is 5.24. The van der Waals surface area contributed by atoms with Gasteiger partial charge in [-0.1, -0.05) is 6.92 Å². The summed E-state index contributed by atoms with van der Waals surface area (Å²) in [7, 11) is -3.16. The molecule has 2 fully saturated rings. The van der Waals surface area contributed by atoms with Gasteiger partial charge in [0.2, 0.25) is 15.9 Å². The Morgan fingerprint density at radius 3 is 2.62 bits per heavy atom. The predicted octanol–water partition coefficient (Wildman–Crippen LogP) is 2.61. The van der Waals surface area contributed by atoms with Crippen molar-refractivity contribution in [3.05, 3.63) is 24.3 Å². The summed E-state index contributed by atoms with van der Waals surface area (Å²) in [5.74, 6) is 1.13.